The summed E-state index contributed by atoms with van der Waals surface area (Å²) in [6.07, 6.45) is -1.88. The van der Waals surface area contributed by atoms with Crippen molar-refractivity contribution >= 4 is 5.97 Å². The first-order valence-corrected chi connectivity index (χ1v) is 3.83. The van der Waals surface area contributed by atoms with Gasteiger partial charge >= 0.3 is 5.97 Å². The second kappa shape index (κ2) is 3.80. The summed E-state index contributed by atoms with van der Waals surface area (Å²) in [5, 5.41) is 8.55. The standard InChI is InChI=1S/C7H11F2NO2/c8-6(9)4-10-2-1-5(3-10)7(11)12/h5-6H,1-4H2,(H,11,12)/t5-/m1/s1. The smallest absolute Gasteiger partial charge is 0.307 e. The van der Waals surface area contributed by atoms with Gasteiger partial charge in [-0.2, -0.15) is 0 Å². The quantitative estimate of drug-likeness (QED) is 0.691. The third-order valence-electron chi connectivity index (χ3n) is 2.02. The molecule has 1 aliphatic heterocycles. The van der Waals surface area contributed by atoms with E-state index in [2.05, 4.69) is 0 Å². The zero-order valence-electron chi connectivity index (χ0n) is 6.54. The number of nitrogens with zero attached hydrogens (tertiary/aromatic N) is 1. The van der Waals surface area contributed by atoms with Crippen LogP contribution in [0.15, 0.2) is 0 Å². The molecule has 0 unspecified atom stereocenters. The van der Waals surface area contributed by atoms with Crippen molar-refractivity contribution in [3.8, 4) is 0 Å². The van der Waals surface area contributed by atoms with Crippen molar-refractivity contribution in [1.29, 1.82) is 0 Å². The summed E-state index contributed by atoms with van der Waals surface area (Å²) in [7, 11) is 0. The van der Waals surface area contributed by atoms with Gasteiger partial charge in [-0.3, -0.25) is 9.69 Å². The Kier molecular flexibility index (Phi) is 2.97. The highest BCUT2D eigenvalue weighted by molar-refractivity contribution is 5.70. The van der Waals surface area contributed by atoms with Gasteiger partial charge in [0.2, 0.25) is 0 Å². The van der Waals surface area contributed by atoms with Crippen LogP contribution >= 0.6 is 0 Å². The first-order chi connectivity index (χ1) is 5.59. The summed E-state index contributed by atoms with van der Waals surface area (Å²) in [5.74, 6) is -1.34. The van der Waals surface area contributed by atoms with Crippen LogP contribution in [0, 0.1) is 5.92 Å². The van der Waals surface area contributed by atoms with Gasteiger partial charge < -0.3 is 5.11 Å². The van der Waals surface area contributed by atoms with Crippen LogP contribution in [0.5, 0.6) is 0 Å². The van der Waals surface area contributed by atoms with Crippen molar-refractivity contribution < 1.29 is 18.7 Å². The van der Waals surface area contributed by atoms with Crippen molar-refractivity contribution in [2.45, 2.75) is 12.8 Å². The zero-order chi connectivity index (χ0) is 9.14. The number of carbonyl (C=O) groups is 1. The molecule has 1 aliphatic rings. The van der Waals surface area contributed by atoms with Crippen molar-refractivity contribution in [3.05, 3.63) is 0 Å². The predicted octanol–water partition coefficient (Wildman–Crippen LogP) is 0.658. The molecule has 3 nitrogen and oxygen atoms in total. The average Bonchev–Trinajstić information content (AvgIpc) is 2.34. The predicted molar refractivity (Wildman–Crippen MR) is 38.2 cm³/mol. The molecule has 5 heteroatoms. The van der Waals surface area contributed by atoms with Gasteiger partial charge in [0.05, 0.1) is 12.5 Å². The Morgan fingerprint density at radius 2 is 2.33 bits per heavy atom. The Labute approximate surface area is 69.0 Å². The van der Waals surface area contributed by atoms with Crippen LogP contribution in [-0.4, -0.2) is 42.0 Å². The molecule has 0 bridgehead atoms. The second-order valence-electron chi connectivity index (χ2n) is 2.97. The average molecular weight is 179 g/mol. The molecule has 0 spiro atoms. The number of halogens is 2. The first-order valence-electron chi connectivity index (χ1n) is 3.83. The van der Waals surface area contributed by atoms with Gasteiger partial charge in [0.1, 0.15) is 0 Å². The summed E-state index contributed by atoms with van der Waals surface area (Å²) in [6.45, 7) is 0.435. The van der Waals surface area contributed by atoms with Crippen LogP contribution in [0.3, 0.4) is 0 Å². The van der Waals surface area contributed by atoms with Crippen molar-refractivity contribution in [2.75, 3.05) is 19.6 Å². The number of hydrogen-bond acceptors (Lipinski definition) is 2. The van der Waals surface area contributed by atoms with E-state index in [0.29, 0.717) is 13.0 Å². The number of aliphatic carboxylic acids is 1. The van der Waals surface area contributed by atoms with Crippen LogP contribution in [0.4, 0.5) is 8.78 Å². The van der Waals surface area contributed by atoms with Gasteiger partial charge in [0.15, 0.2) is 0 Å². The number of hydrogen-bond donors (Lipinski definition) is 1. The molecule has 0 aromatic carbocycles. The van der Waals surface area contributed by atoms with Crippen molar-refractivity contribution in [3.63, 3.8) is 0 Å². The normalized spacial score (nSPS) is 25.1. The van der Waals surface area contributed by atoms with Crippen LogP contribution in [0.2, 0.25) is 0 Å². The van der Waals surface area contributed by atoms with Gasteiger partial charge in [0, 0.05) is 6.54 Å². The van der Waals surface area contributed by atoms with E-state index in [9.17, 15) is 13.6 Å². The summed E-state index contributed by atoms with van der Waals surface area (Å²) in [4.78, 5) is 11.9. The Bertz CT molecular complexity index is 175. The molecule has 1 saturated heterocycles. The molecular weight excluding hydrogens is 168 g/mol. The van der Waals surface area contributed by atoms with E-state index >= 15 is 0 Å². The molecule has 0 saturated carbocycles. The summed E-state index contributed by atoms with van der Waals surface area (Å²) >= 11 is 0. The fourth-order valence-corrected chi connectivity index (χ4v) is 1.40. The minimum Gasteiger partial charge on any atom is -0.481 e. The summed E-state index contributed by atoms with van der Waals surface area (Å²) in [5.41, 5.74) is 0. The highest BCUT2D eigenvalue weighted by Crippen LogP contribution is 2.16. The Balaban J connectivity index is 2.30. The van der Waals surface area contributed by atoms with E-state index in [4.69, 9.17) is 5.11 Å². The fraction of sp³-hybridized carbons (Fsp3) is 0.857. The lowest BCUT2D eigenvalue weighted by molar-refractivity contribution is -0.141. The summed E-state index contributed by atoms with van der Waals surface area (Å²) < 4.78 is 23.7. The van der Waals surface area contributed by atoms with Crippen LogP contribution in [-0.2, 0) is 4.79 Å². The molecule has 0 aromatic heterocycles. The number of likely N-dealkylation sites (tertiary alicyclic amines) is 1. The molecule has 0 aromatic rings. The minimum atomic E-state index is -2.36. The highest BCUT2D eigenvalue weighted by atomic mass is 19.3. The van der Waals surface area contributed by atoms with E-state index < -0.39 is 18.3 Å². The molecule has 0 radical (unpaired) electrons. The topological polar surface area (TPSA) is 40.5 Å². The van der Waals surface area contributed by atoms with Gasteiger partial charge in [-0.05, 0) is 13.0 Å². The molecule has 1 fully saturated rings. The number of rotatable bonds is 3. The molecule has 1 atom stereocenters. The number of carboxylic acid groups (broad SMARTS) is 1. The lowest BCUT2D eigenvalue weighted by Crippen LogP contribution is -2.27. The lowest BCUT2D eigenvalue weighted by atomic mass is 10.1. The molecule has 1 N–H and O–H groups in total. The molecule has 1 heterocycles. The van der Waals surface area contributed by atoms with Crippen LogP contribution in [0.25, 0.3) is 0 Å². The van der Waals surface area contributed by atoms with E-state index in [-0.39, 0.29) is 13.1 Å². The Morgan fingerprint density at radius 1 is 1.67 bits per heavy atom. The van der Waals surface area contributed by atoms with E-state index in [1.165, 1.54) is 4.90 Å². The first kappa shape index (κ1) is 9.38. The lowest BCUT2D eigenvalue weighted by Gasteiger charge is -2.13. The third kappa shape index (κ3) is 2.41. The fourth-order valence-electron chi connectivity index (χ4n) is 1.40. The van der Waals surface area contributed by atoms with Crippen molar-refractivity contribution in [2.24, 2.45) is 5.92 Å². The molecular formula is C7H11F2NO2. The third-order valence-corrected chi connectivity index (χ3v) is 2.02. The minimum absolute atomic E-state index is 0.264. The monoisotopic (exact) mass is 179 g/mol. The second-order valence-corrected chi connectivity index (χ2v) is 2.97. The van der Waals surface area contributed by atoms with Crippen LogP contribution < -0.4 is 0 Å². The van der Waals surface area contributed by atoms with Gasteiger partial charge in [0.25, 0.3) is 6.43 Å². The van der Waals surface area contributed by atoms with Gasteiger partial charge in [-0.15, -0.1) is 0 Å². The van der Waals surface area contributed by atoms with E-state index in [1.807, 2.05) is 0 Å². The maximum absolute atomic E-state index is 11.8. The number of carboxylic acids is 1. The maximum Gasteiger partial charge on any atom is 0.307 e. The van der Waals surface area contributed by atoms with Gasteiger partial charge in [-0.25, -0.2) is 8.78 Å². The van der Waals surface area contributed by atoms with Crippen LogP contribution in [0.1, 0.15) is 6.42 Å². The molecule has 70 valence electrons. The molecule has 0 amide bonds. The Morgan fingerprint density at radius 3 is 2.75 bits per heavy atom. The highest BCUT2D eigenvalue weighted by Gasteiger charge is 2.28. The zero-order valence-corrected chi connectivity index (χ0v) is 6.54. The Hall–Kier alpha value is -0.710. The van der Waals surface area contributed by atoms with E-state index in [1.54, 1.807) is 0 Å². The molecule has 12 heavy (non-hydrogen) atoms. The SMILES string of the molecule is O=C(O)[C@@H]1CCN(CC(F)F)C1. The van der Waals surface area contributed by atoms with Crippen molar-refractivity contribution in [1.82, 2.24) is 4.90 Å². The number of alkyl halides is 2. The largest absolute Gasteiger partial charge is 0.481 e. The summed E-state index contributed by atoms with van der Waals surface area (Å²) in [6, 6.07) is 0. The van der Waals surface area contributed by atoms with Gasteiger partial charge in [-0.1, -0.05) is 0 Å². The molecule has 0 aliphatic carbocycles. The maximum atomic E-state index is 11.8. The molecule has 1 rings (SSSR count). The van der Waals surface area contributed by atoms with E-state index in [0.717, 1.165) is 0 Å².